The molecule has 0 amide bonds. The van der Waals surface area contributed by atoms with Crippen LogP contribution < -0.4 is 0 Å². The minimum Gasteiger partial charge on any atom is -0.481 e. The van der Waals surface area contributed by atoms with Gasteiger partial charge in [-0.2, -0.15) is 0 Å². The van der Waals surface area contributed by atoms with Crippen LogP contribution in [0.1, 0.15) is 25.3 Å². The van der Waals surface area contributed by atoms with Gasteiger partial charge in [-0.25, -0.2) is 0 Å². The molecule has 0 fully saturated rings. The summed E-state index contributed by atoms with van der Waals surface area (Å²) in [6.07, 6.45) is 0.176. The molecule has 0 radical (unpaired) electrons. The number of ether oxygens (including phenoxy) is 1. The minimum atomic E-state index is -1.42. The number of aliphatic carboxylic acids is 2. The van der Waals surface area contributed by atoms with Crippen LogP contribution in [-0.2, 0) is 20.9 Å². The highest BCUT2D eigenvalue weighted by Gasteiger charge is 2.29. The summed E-state index contributed by atoms with van der Waals surface area (Å²) in [5.74, 6) is -4.07. The Labute approximate surface area is 111 Å². The van der Waals surface area contributed by atoms with Crippen LogP contribution in [0, 0.1) is 5.92 Å². The first-order valence-electron chi connectivity index (χ1n) is 6.15. The molecule has 0 aromatic heterocycles. The third kappa shape index (κ3) is 5.09. The fourth-order valence-electron chi connectivity index (χ4n) is 1.71. The second-order valence-corrected chi connectivity index (χ2v) is 4.29. The first kappa shape index (κ1) is 15.2. The topological polar surface area (TPSA) is 83.8 Å². The van der Waals surface area contributed by atoms with Gasteiger partial charge in [0.1, 0.15) is 0 Å². The number of hydrogen-bond donors (Lipinski definition) is 2. The Balaban J connectivity index is 2.54. The number of hydrogen-bond acceptors (Lipinski definition) is 3. The van der Waals surface area contributed by atoms with Crippen LogP contribution in [0.5, 0.6) is 0 Å². The second kappa shape index (κ2) is 7.53. The van der Waals surface area contributed by atoms with Gasteiger partial charge in [0, 0.05) is 0 Å². The molecule has 0 saturated heterocycles. The first-order chi connectivity index (χ1) is 9.04. The fourth-order valence-corrected chi connectivity index (χ4v) is 1.71. The Morgan fingerprint density at radius 1 is 1.16 bits per heavy atom. The monoisotopic (exact) mass is 266 g/mol. The summed E-state index contributed by atoms with van der Waals surface area (Å²) in [6, 6.07) is 9.47. The van der Waals surface area contributed by atoms with Crippen LogP contribution in [0.25, 0.3) is 0 Å². The third-order valence-electron chi connectivity index (χ3n) is 2.88. The third-order valence-corrected chi connectivity index (χ3v) is 2.88. The molecule has 1 atom stereocenters. The molecule has 1 unspecified atom stereocenters. The zero-order valence-corrected chi connectivity index (χ0v) is 10.8. The van der Waals surface area contributed by atoms with E-state index in [-0.39, 0.29) is 12.5 Å². The van der Waals surface area contributed by atoms with Gasteiger partial charge in [-0.05, 0) is 18.4 Å². The molecule has 2 N–H and O–H groups in total. The van der Waals surface area contributed by atoms with Crippen molar-refractivity contribution in [3.63, 3.8) is 0 Å². The first-order valence-corrected chi connectivity index (χ1v) is 6.15. The lowest BCUT2D eigenvalue weighted by atomic mass is 10.0. The maximum absolute atomic E-state index is 10.8. The Hall–Kier alpha value is -1.88. The molecule has 0 heterocycles. The lowest BCUT2D eigenvalue weighted by molar-refractivity contribution is -0.156. The van der Waals surface area contributed by atoms with Gasteiger partial charge in [-0.1, -0.05) is 37.3 Å². The van der Waals surface area contributed by atoms with Crippen LogP contribution in [0.15, 0.2) is 30.3 Å². The van der Waals surface area contributed by atoms with Gasteiger partial charge in [0.2, 0.25) is 0 Å². The summed E-state index contributed by atoms with van der Waals surface area (Å²) in [7, 11) is 0. The molecule has 0 aliphatic heterocycles. The largest absolute Gasteiger partial charge is 0.481 e. The molecule has 5 nitrogen and oxygen atoms in total. The van der Waals surface area contributed by atoms with Crippen molar-refractivity contribution in [2.75, 3.05) is 0 Å². The highest BCUT2D eigenvalue weighted by Crippen LogP contribution is 2.15. The zero-order valence-electron chi connectivity index (χ0n) is 10.8. The molecule has 0 saturated carbocycles. The van der Waals surface area contributed by atoms with Crippen molar-refractivity contribution >= 4 is 11.9 Å². The Morgan fingerprint density at radius 3 is 2.21 bits per heavy atom. The maximum atomic E-state index is 10.8. The number of carboxylic acids is 2. The van der Waals surface area contributed by atoms with Gasteiger partial charge in [0.15, 0.2) is 5.92 Å². The number of carbonyl (C=O) groups is 2. The molecule has 1 aromatic rings. The molecule has 104 valence electrons. The molecule has 1 rings (SSSR count). The van der Waals surface area contributed by atoms with Crippen molar-refractivity contribution < 1.29 is 24.5 Å². The average molecular weight is 266 g/mol. The molecular weight excluding hydrogens is 248 g/mol. The lowest BCUT2D eigenvalue weighted by Crippen LogP contribution is -2.29. The number of rotatable bonds is 8. The molecule has 5 heteroatoms. The van der Waals surface area contributed by atoms with E-state index in [1.54, 1.807) is 0 Å². The smallest absolute Gasteiger partial charge is 0.317 e. The molecule has 0 spiro atoms. The van der Waals surface area contributed by atoms with Crippen LogP contribution >= 0.6 is 0 Å². The van der Waals surface area contributed by atoms with Crippen molar-refractivity contribution in [1.29, 1.82) is 0 Å². The van der Waals surface area contributed by atoms with E-state index in [0.717, 1.165) is 5.56 Å². The molecule has 0 aliphatic rings. The van der Waals surface area contributed by atoms with Crippen LogP contribution in [0.2, 0.25) is 0 Å². The molecule has 1 aromatic carbocycles. The highest BCUT2D eigenvalue weighted by molar-refractivity contribution is 5.92. The Kier molecular flexibility index (Phi) is 6.02. The van der Waals surface area contributed by atoms with Gasteiger partial charge >= 0.3 is 11.9 Å². The normalized spacial score (nSPS) is 12.3. The van der Waals surface area contributed by atoms with Crippen LogP contribution in [-0.4, -0.2) is 28.3 Å². The van der Waals surface area contributed by atoms with Crippen LogP contribution in [0.3, 0.4) is 0 Å². The summed E-state index contributed by atoms with van der Waals surface area (Å²) in [5, 5.41) is 17.7. The summed E-state index contributed by atoms with van der Waals surface area (Å²) in [4.78, 5) is 21.7. The predicted molar refractivity (Wildman–Crippen MR) is 68.7 cm³/mol. The van der Waals surface area contributed by atoms with E-state index < -0.39 is 17.9 Å². The SMILES string of the molecule is CCC(CC(C(=O)O)C(=O)O)OCc1ccccc1. The summed E-state index contributed by atoms with van der Waals surface area (Å²) < 4.78 is 5.58. The Bertz CT molecular complexity index is 401. The van der Waals surface area contributed by atoms with E-state index in [0.29, 0.717) is 13.0 Å². The van der Waals surface area contributed by atoms with E-state index >= 15 is 0 Å². The quantitative estimate of drug-likeness (QED) is 0.704. The number of carboxylic acid groups (broad SMARTS) is 2. The lowest BCUT2D eigenvalue weighted by Gasteiger charge is -2.18. The van der Waals surface area contributed by atoms with E-state index in [4.69, 9.17) is 14.9 Å². The van der Waals surface area contributed by atoms with Gasteiger partial charge in [-0.15, -0.1) is 0 Å². The van der Waals surface area contributed by atoms with Crippen molar-refractivity contribution in [3.05, 3.63) is 35.9 Å². The number of benzene rings is 1. The van der Waals surface area contributed by atoms with Gasteiger partial charge in [-0.3, -0.25) is 9.59 Å². The average Bonchev–Trinajstić information content (AvgIpc) is 2.39. The standard InChI is InChI=1S/C14H18O5/c1-2-11(8-12(13(15)16)14(17)18)19-9-10-6-4-3-5-7-10/h3-7,11-12H,2,8-9H2,1H3,(H,15,16)(H,17,18). The highest BCUT2D eigenvalue weighted by atomic mass is 16.5. The van der Waals surface area contributed by atoms with E-state index in [2.05, 4.69) is 0 Å². The summed E-state index contributed by atoms with van der Waals surface area (Å²) in [5.41, 5.74) is 0.975. The van der Waals surface area contributed by atoms with Crippen LogP contribution in [0.4, 0.5) is 0 Å². The van der Waals surface area contributed by atoms with Crippen molar-refractivity contribution in [1.82, 2.24) is 0 Å². The van der Waals surface area contributed by atoms with Crippen molar-refractivity contribution in [2.24, 2.45) is 5.92 Å². The van der Waals surface area contributed by atoms with E-state index in [1.165, 1.54) is 0 Å². The molecular formula is C14H18O5. The predicted octanol–water partition coefficient (Wildman–Crippen LogP) is 2.16. The summed E-state index contributed by atoms with van der Waals surface area (Å²) >= 11 is 0. The molecule has 0 bridgehead atoms. The second-order valence-electron chi connectivity index (χ2n) is 4.29. The van der Waals surface area contributed by atoms with Crippen molar-refractivity contribution in [3.8, 4) is 0 Å². The van der Waals surface area contributed by atoms with Gasteiger partial charge in [0.25, 0.3) is 0 Å². The summed E-state index contributed by atoms with van der Waals surface area (Å²) in [6.45, 7) is 2.20. The van der Waals surface area contributed by atoms with Crippen molar-refractivity contribution in [2.45, 2.75) is 32.5 Å². The maximum Gasteiger partial charge on any atom is 0.317 e. The van der Waals surface area contributed by atoms with Gasteiger partial charge in [0.05, 0.1) is 12.7 Å². The van der Waals surface area contributed by atoms with E-state index in [9.17, 15) is 9.59 Å². The molecule has 19 heavy (non-hydrogen) atoms. The van der Waals surface area contributed by atoms with E-state index in [1.807, 2.05) is 37.3 Å². The molecule has 0 aliphatic carbocycles. The fraction of sp³-hybridized carbons (Fsp3) is 0.429. The zero-order chi connectivity index (χ0) is 14.3. The Morgan fingerprint density at radius 2 is 1.74 bits per heavy atom. The minimum absolute atomic E-state index is 0.0198. The van der Waals surface area contributed by atoms with Gasteiger partial charge < -0.3 is 14.9 Å².